The van der Waals surface area contributed by atoms with Gasteiger partial charge in [-0.25, -0.2) is 0 Å². The zero-order valence-corrected chi connectivity index (χ0v) is 16.7. The van der Waals surface area contributed by atoms with E-state index in [2.05, 4.69) is 20.8 Å². The van der Waals surface area contributed by atoms with Crippen molar-refractivity contribution in [1.29, 1.82) is 0 Å². The molecule has 0 N–H and O–H groups in total. The van der Waals surface area contributed by atoms with Gasteiger partial charge in [-0.2, -0.15) is 0 Å². The van der Waals surface area contributed by atoms with E-state index in [1.54, 1.807) is 12.5 Å². The number of aryl methyl sites for hydroxylation is 1. The molecule has 1 aromatic heterocycles. The van der Waals surface area contributed by atoms with Gasteiger partial charge in [-0.3, -0.25) is 4.79 Å². The zero-order valence-electron chi connectivity index (χ0n) is 16.7. The third-order valence-electron chi connectivity index (χ3n) is 8.21. The average Bonchev–Trinajstić information content (AvgIpc) is 3.05. The highest BCUT2D eigenvalue weighted by Gasteiger charge is 2.74. The molecule has 148 valence electrons. The van der Waals surface area contributed by atoms with Crippen LogP contribution in [0.2, 0.25) is 0 Å². The lowest BCUT2D eigenvalue weighted by atomic mass is 9.44. The van der Waals surface area contributed by atoms with Gasteiger partial charge < -0.3 is 18.7 Å². The molecule has 2 heterocycles. The van der Waals surface area contributed by atoms with E-state index in [1.807, 2.05) is 6.07 Å². The van der Waals surface area contributed by atoms with Crippen LogP contribution in [0.1, 0.15) is 58.9 Å². The highest BCUT2D eigenvalue weighted by molar-refractivity contribution is 5.67. The summed E-state index contributed by atoms with van der Waals surface area (Å²) in [6, 6.07) is 1.96. The topological polar surface area (TPSA) is 69.0 Å². The molecule has 1 aromatic rings. The van der Waals surface area contributed by atoms with Gasteiger partial charge in [0, 0.05) is 23.7 Å². The van der Waals surface area contributed by atoms with Crippen LogP contribution in [0.4, 0.5) is 0 Å². The summed E-state index contributed by atoms with van der Waals surface area (Å²) in [5.41, 5.74) is 0.157. The molecule has 5 nitrogen and oxygen atoms in total. The zero-order chi connectivity index (χ0) is 19.4. The van der Waals surface area contributed by atoms with Crippen LogP contribution in [0, 0.1) is 22.7 Å². The second-order valence-electron chi connectivity index (χ2n) is 9.26. The Morgan fingerprint density at radius 1 is 1.37 bits per heavy atom. The Hall–Kier alpha value is -1.62. The Bertz CT molecular complexity index is 727. The quantitative estimate of drug-likeness (QED) is 0.443. The molecule has 3 fully saturated rings. The first-order chi connectivity index (χ1) is 12.8. The van der Waals surface area contributed by atoms with Crippen molar-refractivity contribution in [3.05, 3.63) is 24.2 Å². The van der Waals surface area contributed by atoms with Gasteiger partial charge in [-0.05, 0) is 56.6 Å². The average molecular weight is 374 g/mol. The maximum Gasteiger partial charge on any atom is 0.302 e. The number of rotatable bonds is 5. The van der Waals surface area contributed by atoms with Crippen molar-refractivity contribution < 1.29 is 23.5 Å². The van der Waals surface area contributed by atoms with Gasteiger partial charge in [-0.15, -0.1) is 0 Å². The summed E-state index contributed by atoms with van der Waals surface area (Å²) in [4.78, 5) is 24.5. The first kappa shape index (κ1) is 18.7. The van der Waals surface area contributed by atoms with Crippen molar-refractivity contribution in [2.75, 3.05) is 0 Å². The maximum atomic E-state index is 12.7. The second-order valence-corrected chi connectivity index (χ2v) is 9.26. The van der Waals surface area contributed by atoms with Gasteiger partial charge in [0.1, 0.15) is 12.4 Å². The number of fused-ring (bicyclic) bond motifs is 3. The number of esters is 1. The van der Waals surface area contributed by atoms with Crippen LogP contribution in [-0.2, 0) is 25.5 Å². The summed E-state index contributed by atoms with van der Waals surface area (Å²) >= 11 is 0. The molecule has 3 aliphatic rings. The third kappa shape index (κ3) is 2.61. The molecule has 27 heavy (non-hydrogen) atoms. The van der Waals surface area contributed by atoms with Crippen LogP contribution < -0.4 is 0 Å². The molecular weight excluding hydrogens is 344 g/mol. The van der Waals surface area contributed by atoms with Crippen molar-refractivity contribution >= 4 is 12.3 Å². The van der Waals surface area contributed by atoms with E-state index in [1.165, 1.54) is 13.2 Å². The third-order valence-corrected chi connectivity index (χ3v) is 8.21. The van der Waals surface area contributed by atoms with Crippen molar-refractivity contribution in [3.63, 3.8) is 0 Å². The van der Waals surface area contributed by atoms with E-state index >= 15 is 0 Å². The number of ether oxygens (including phenoxy) is 2. The summed E-state index contributed by atoms with van der Waals surface area (Å²) in [6.07, 6.45) is 8.84. The van der Waals surface area contributed by atoms with Gasteiger partial charge in [0.05, 0.1) is 24.2 Å². The van der Waals surface area contributed by atoms with Crippen LogP contribution in [0.25, 0.3) is 0 Å². The van der Waals surface area contributed by atoms with Gasteiger partial charge in [-0.1, -0.05) is 13.8 Å². The van der Waals surface area contributed by atoms with Crippen LogP contribution in [0.3, 0.4) is 0 Å². The molecule has 0 spiro atoms. The highest BCUT2D eigenvalue weighted by atomic mass is 16.6. The number of furan rings is 1. The highest BCUT2D eigenvalue weighted by Crippen LogP contribution is 2.70. The van der Waals surface area contributed by atoms with Crippen molar-refractivity contribution in [3.8, 4) is 0 Å². The van der Waals surface area contributed by atoms with E-state index in [0.29, 0.717) is 0 Å². The molecule has 0 amide bonds. The summed E-state index contributed by atoms with van der Waals surface area (Å²) in [5.74, 6) is -0.0829. The van der Waals surface area contributed by atoms with Gasteiger partial charge in [0.2, 0.25) is 0 Å². The molecular formula is C22H30O5. The summed E-state index contributed by atoms with van der Waals surface area (Å²) < 4.78 is 17.1. The predicted molar refractivity (Wildman–Crippen MR) is 99.0 cm³/mol. The van der Waals surface area contributed by atoms with Crippen LogP contribution in [0.15, 0.2) is 23.0 Å². The molecule has 5 heteroatoms. The van der Waals surface area contributed by atoms with Crippen LogP contribution >= 0.6 is 0 Å². The molecule has 0 radical (unpaired) electrons. The lowest BCUT2D eigenvalue weighted by Crippen LogP contribution is -2.62. The van der Waals surface area contributed by atoms with Crippen LogP contribution in [0.5, 0.6) is 0 Å². The fourth-order valence-electron chi connectivity index (χ4n) is 6.35. The largest absolute Gasteiger partial charge is 0.472 e. The van der Waals surface area contributed by atoms with Crippen molar-refractivity contribution in [1.82, 2.24) is 0 Å². The van der Waals surface area contributed by atoms with Crippen molar-refractivity contribution in [2.45, 2.75) is 77.6 Å². The molecule has 2 aliphatic carbocycles. The molecule has 2 saturated carbocycles. The second kappa shape index (κ2) is 6.20. The van der Waals surface area contributed by atoms with Crippen LogP contribution in [-0.4, -0.2) is 30.1 Å². The number of epoxide rings is 1. The number of hydrogen-bond donors (Lipinski definition) is 0. The lowest BCUT2D eigenvalue weighted by Gasteiger charge is -2.59. The Kier molecular flexibility index (Phi) is 4.30. The standard InChI is InChI=1S/C22H30O5/c1-14-17(26-15(2)24)11-20(3)18(5-6-19-21(20,4)27-19)22(14,13-23)9-7-16-8-10-25-12-16/h8,10,12-14,17-19H,5-7,9,11H2,1-4H3/t14-,17+,18+,19?,20-,21+,22-/m0/s1. The fourth-order valence-corrected chi connectivity index (χ4v) is 6.35. The molecule has 0 bridgehead atoms. The van der Waals surface area contributed by atoms with E-state index in [0.717, 1.165) is 37.7 Å². The molecule has 0 aromatic carbocycles. The number of carbonyl (C=O) groups excluding carboxylic acids is 2. The van der Waals surface area contributed by atoms with E-state index < -0.39 is 5.41 Å². The molecule has 1 unspecified atom stereocenters. The Balaban J connectivity index is 1.73. The van der Waals surface area contributed by atoms with Gasteiger partial charge in [0.25, 0.3) is 0 Å². The first-order valence-corrected chi connectivity index (χ1v) is 10.1. The minimum Gasteiger partial charge on any atom is -0.472 e. The Morgan fingerprint density at radius 3 is 2.78 bits per heavy atom. The molecule has 1 saturated heterocycles. The summed E-state index contributed by atoms with van der Waals surface area (Å²) in [6.45, 7) is 7.96. The summed E-state index contributed by atoms with van der Waals surface area (Å²) in [7, 11) is 0. The van der Waals surface area contributed by atoms with E-state index in [9.17, 15) is 9.59 Å². The fraction of sp³-hybridized carbons (Fsp3) is 0.727. The van der Waals surface area contributed by atoms with Gasteiger partial charge >= 0.3 is 5.97 Å². The maximum absolute atomic E-state index is 12.7. The molecule has 1 aliphatic heterocycles. The lowest BCUT2D eigenvalue weighted by molar-refractivity contribution is -0.186. The number of hydrogen-bond acceptors (Lipinski definition) is 5. The summed E-state index contributed by atoms with van der Waals surface area (Å²) in [5, 5.41) is 0. The predicted octanol–water partition coefficient (Wildman–Crippen LogP) is 3.94. The Morgan fingerprint density at radius 2 is 2.15 bits per heavy atom. The van der Waals surface area contributed by atoms with E-state index in [-0.39, 0.29) is 41.0 Å². The van der Waals surface area contributed by atoms with E-state index in [4.69, 9.17) is 13.9 Å². The minimum atomic E-state index is -0.537. The number of aldehydes is 1. The minimum absolute atomic E-state index is 0.0252. The SMILES string of the molecule is CC(=O)O[C@@H]1C[C@@]2(C)[C@@H](CCC3O[C@]32C)[C@](C=O)(CCc2ccoc2)[C@H]1C. The molecule has 7 atom stereocenters. The van der Waals surface area contributed by atoms with Gasteiger partial charge in [0.15, 0.2) is 0 Å². The smallest absolute Gasteiger partial charge is 0.302 e. The van der Waals surface area contributed by atoms with Crippen molar-refractivity contribution in [2.24, 2.45) is 22.7 Å². The Labute approximate surface area is 160 Å². The first-order valence-electron chi connectivity index (χ1n) is 10.1. The molecule has 4 rings (SSSR count). The monoisotopic (exact) mass is 374 g/mol. The normalized spacial score (nSPS) is 45.5. The number of carbonyl (C=O) groups is 2.